The van der Waals surface area contributed by atoms with Gasteiger partial charge in [-0.05, 0) is 106 Å². The van der Waals surface area contributed by atoms with E-state index in [2.05, 4.69) is 0 Å². The van der Waals surface area contributed by atoms with Crippen molar-refractivity contribution >= 4 is 81.0 Å². The summed E-state index contributed by atoms with van der Waals surface area (Å²) < 4.78 is 0. The first-order valence-corrected chi connectivity index (χ1v) is 18.0. The van der Waals surface area contributed by atoms with Gasteiger partial charge in [0.05, 0.1) is 22.7 Å². The predicted molar refractivity (Wildman–Crippen MR) is 216 cm³/mol. The van der Waals surface area contributed by atoms with E-state index in [1.54, 1.807) is 78.9 Å². The molecule has 2 saturated heterocycles. The van der Waals surface area contributed by atoms with Gasteiger partial charge in [-0.1, -0.05) is 101 Å². The Morgan fingerprint density at radius 2 is 0.642 bits per heavy atom. The average Bonchev–Trinajstić information content (AvgIpc) is 3.14. The van der Waals surface area contributed by atoms with Gasteiger partial charge in [-0.15, -0.1) is 0 Å². The van der Waals surface area contributed by atoms with Crippen LogP contribution in [-0.4, -0.2) is 33.9 Å². The van der Waals surface area contributed by atoms with Crippen LogP contribution in [0.2, 0.25) is 0 Å². The lowest BCUT2D eigenvalue weighted by molar-refractivity contribution is -0.137. The van der Waals surface area contributed by atoms with Gasteiger partial charge < -0.3 is 0 Å². The van der Waals surface area contributed by atoms with Gasteiger partial charge in [0.1, 0.15) is 11.8 Å². The van der Waals surface area contributed by atoms with Gasteiger partial charge in [0.2, 0.25) is 23.6 Å². The molecule has 0 unspecified atom stereocenters. The average molecular weight is 737 g/mol. The van der Waals surface area contributed by atoms with Crippen molar-refractivity contribution in [1.82, 2.24) is 0 Å². The molecule has 2 fully saturated rings. The highest BCUT2D eigenvalue weighted by Gasteiger charge is 2.57. The normalized spacial score (nSPS) is 16.0. The smallest absolute Gasteiger partial charge is 0.246 e. The molecule has 0 radical (unpaired) electrons. The molecule has 0 saturated carbocycles. The molecule has 0 atom stereocenters. The molecule has 2 heterocycles. The number of nitrogens with zero attached hydrogens (tertiary/aromatic N) is 4. The number of hydrogen-bond acceptors (Lipinski definition) is 6. The molecule has 7 rings (SSSR count). The summed E-state index contributed by atoms with van der Waals surface area (Å²) in [5, 5.41) is -0.0541. The number of amides is 4. The van der Waals surface area contributed by atoms with Crippen molar-refractivity contribution in [2.75, 3.05) is 19.6 Å². The molecule has 4 amide bonds. The molecular formula is C43H36N4O4S2. The molecular weight excluding hydrogens is 701 g/mol. The third-order valence-corrected chi connectivity index (χ3v) is 10.5. The topological polar surface area (TPSA) is 81.2 Å². The summed E-state index contributed by atoms with van der Waals surface area (Å²) in [5.74, 6) is -6.91. The Morgan fingerprint density at radius 3 is 0.887 bits per heavy atom. The van der Waals surface area contributed by atoms with E-state index in [9.17, 15) is 0 Å². The fraction of sp³-hybridized carbons (Fsp3) is 0.163. The Labute approximate surface area is 319 Å². The molecule has 53 heavy (non-hydrogen) atoms. The molecule has 2 aliphatic heterocycles. The fourth-order valence-electron chi connectivity index (χ4n) is 6.94. The van der Waals surface area contributed by atoms with Crippen LogP contribution in [0.5, 0.6) is 0 Å². The molecule has 5 aromatic rings. The minimum Gasteiger partial charge on any atom is -0.273 e. The summed E-state index contributed by atoms with van der Waals surface area (Å²) in [5.41, 5.74) is 6.16. The van der Waals surface area contributed by atoms with Crippen LogP contribution in [0, 0.1) is 39.5 Å². The quantitative estimate of drug-likeness (QED) is 0.125. The highest BCUT2D eigenvalue weighted by Crippen LogP contribution is 2.44. The molecule has 0 spiro atoms. The van der Waals surface area contributed by atoms with Gasteiger partial charge in [-0.25, -0.2) is 0 Å². The minimum atomic E-state index is -1.55. The Balaban J connectivity index is 1.46. The second kappa shape index (κ2) is 14.3. The van der Waals surface area contributed by atoms with Gasteiger partial charge in [-0.3, -0.25) is 38.8 Å². The molecule has 0 N–H and O–H groups in total. The van der Waals surface area contributed by atoms with Crippen molar-refractivity contribution in [3.8, 4) is 0 Å². The number of anilines is 4. The third-order valence-electron chi connectivity index (χ3n) is 9.78. The van der Waals surface area contributed by atoms with Gasteiger partial charge >= 0.3 is 0 Å². The highest BCUT2D eigenvalue weighted by molar-refractivity contribution is 7.81. The van der Waals surface area contributed by atoms with Crippen molar-refractivity contribution in [3.63, 3.8) is 0 Å². The lowest BCUT2D eigenvalue weighted by Crippen LogP contribution is -2.66. The molecule has 5 aromatic carbocycles. The maximum atomic E-state index is 15.1. The number of carbonyl (C=O) groups is 4. The van der Waals surface area contributed by atoms with Gasteiger partial charge in [0.15, 0.2) is 10.2 Å². The Morgan fingerprint density at radius 1 is 0.396 bits per heavy atom. The van der Waals surface area contributed by atoms with Crippen LogP contribution in [-0.2, 0) is 19.2 Å². The summed E-state index contributed by atoms with van der Waals surface area (Å²) in [6, 6.07) is 37.8. The Bertz CT molecular complexity index is 1980. The Kier molecular flexibility index (Phi) is 9.59. The molecule has 10 heteroatoms. The maximum Gasteiger partial charge on any atom is 0.246 e. The third kappa shape index (κ3) is 6.45. The van der Waals surface area contributed by atoms with Crippen LogP contribution in [0.4, 0.5) is 22.7 Å². The monoisotopic (exact) mass is 736 g/mol. The van der Waals surface area contributed by atoms with E-state index in [0.29, 0.717) is 28.3 Å². The van der Waals surface area contributed by atoms with E-state index < -0.39 is 41.4 Å². The number of thiocarbonyl (C=S) groups is 2. The lowest BCUT2D eigenvalue weighted by atomic mass is 9.72. The van der Waals surface area contributed by atoms with Gasteiger partial charge in [0, 0.05) is 5.92 Å². The number of hydrogen-bond donors (Lipinski definition) is 0. The SMILES string of the molecule is Cc1ccc(N2C(=O)C(C(c3ccccc3)C3C(=O)N(c4ccc(C)cc4)C(=S)N(c4ccc(C)cc4)C3=O)C(=O)N(c3ccc(C)cc3)C2=S)cc1. The maximum absolute atomic E-state index is 15.1. The van der Waals surface area contributed by atoms with E-state index in [0.717, 1.165) is 22.3 Å². The molecule has 8 nitrogen and oxygen atoms in total. The van der Waals surface area contributed by atoms with E-state index in [1.165, 1.54) is 19.6 Å². The van der Waals surface area contributed by atoms with Crippen LogP contribution in [0.3, 0.4) is 0 Å². The summed E-state index contributed by atoms with van der Waals surface area (Å²) in [7, 11) is 0. The van der Waals surface area contributed by atoms with E-state index >= 15 is 19.2 Å². The number of rotatable bonds is 7. The second-order valence-electron chi connectivity index (χ2n) is 13.5. The summed E-state index contributed by atoms with van der Waals surface area (Å²) in [4.78, 5) is 65.7. The van der Waals surface area contributed by atoms with E-state index in [1.807, 2.05) is 76.2 Å². The standard InChI is InChI=1S/C43H36N4O4S2/c1-26-10-18-31(19-11-26)44-38(48)36(39(49)45(42(44)52)32-20-12-27(2)13-21-32)35(30-8-6-5-7-9-30)37-40(50)46(33-22-14-28(3)15-23-33)43(53)47(41(37)51)34-24-16-29(4)17-25-34/h5-25,35-37H,1-4H3. The number of carbonyl (C=O) groups excluding carboxylic acids is 4. The largest absolute Gasteiger partial charge is 0.273 e. The molecule has 264 valence electrons. The summed E-state index contributed by atoms with van der Waals surface area (Å²) in [6.07, 6.45) is 0. The highest BCUT2D eigenvalue weighted by atomic mass is 32.1. The zero-order valence-electron chi connectivity index (χ0n) is 29.6. The first kappa shape index (κ1) is 35.6. The van der Waals surface area contributed by atoms with Crippen molar-refractivity contribution in [3.05, 3.63) is 155 Å². The fourth-order valence-corrected chi connectivity index (χ4v) is 7.72. The zero-order valence-corrected chi connectivity index (χ0v) is 31.2. The summed E-state index contributed by atoms with van der Waals surface area (Å²) >= 11 is 11.9. The predicted octanol–water partition coefficient (Wildman–Crippen LogP) is 7.97. The van der Waals surface area contributed by atoms with Crippen molar-refractivity contribution < 1.29 is 19.2 Å². The van der Waals surface area contributed by atoms with E-state index in [4.69, 9.17) is 24.4 Å². The molecule has 2 aliphatic rings. The van der Waals surface area contributed by atoms with Crippen molar-refractivity contribution in [1.29, 1.82) is 0 Å². The molecule has 0 aliphatic carbocycles. The van der Waals surface area contributed by atoms with Crippen LogP contribution < -0.4 is 19.6 Å². The van der Waals surface area contributed by atoms with Crippen LogP contribution >= 0.6 is 24.4 Å². The summed E-state index contributed by atoms with van der Waals surface area (Å²) in [6.45, 7) is 7.73. The zero-order chi connectivity index (χ0) is 37.6. The Hall–Kier alpha value is -5.84. The number of benzene rings is 5. The minimum absolute atomic E-state index is 0.0270. The second-order valence-corrected chi connectivity index (χ2v) is 14.2. The van der Waals surface area contributed by atoms with Crippen molar-refractivity contribution in [2.45, 2.75) is 33.6 Å². The van der Waals surface area contributed by atoms with Crippen LogP contribution in [0.25, 0.3) is 0 Å². The van der Waals surface area contributed by atoms with Crippen molar-refractivity contribution in [2.24, 2.45) is 11.8 Å². The molecule has 0 aromatic heterocycles. The first-order valence-electron chi connectivity index (χ1n) is 17.2. The van der Waals surface area contributed by atoms with Crippen LogP contribution in [0.15, 0.2) is 127 Å². The van der Waals surface area contributed by atoms with Gasteiger partial charge in [0.25, 0.3) is 0 Å². The molecule has 0 bridgehead atoms. The lowest BCUT2D eigenvalue weighted by Gasteiger charge is -2.46. The van der Waals surface area contributed by atoms with E-state index in [-0.39, 0.29) is 10.2 Å². The van der Waals surface area contributed by atoms with Crippen LogP contribution in [0.1, 0.15) is 33.7 Å². The number of aryl methyl sites for hydroxylation is 4. The van der Waals surface area contributed by atoms with Gasteiger partial charge in [-0.2, -0.15) is 0 Å². The first-order chi connectivity index (χ1) is 25.5.